The molecule has 0 bridgehead atoms. The van der Waals surface area contributed by atoms with Gasteiger partial charge in [0, 0.05) is 36.9 Å². The van der Waals surface area contributed by atoms with Gasteiger partial charge in [-0.05, 0) is 98.1 Å². The maximum atomic E-state index is 5.48. The van der Waals surface area contributed by atoms with Gasteiger partial charge in [0.1, 0.15) is 0 Å². The largest absolute Gasteiger partial charge is 0.228 e. The lowest BCUT2D eigenvalue weighted by atomic mass is 9.66. The molecule has 0 aliphatic heterocycles. The molecule has 0 unspecified atom stereocenters. The highest BCUT2D eigenvalue weighted by Gasteiger charge is 2.47. The molecule has 0 fully saturated rings. The fraction of sp³-hybridized carbons (Fsp3) is 0.0169. The average Bonchev–Trinajstić information content (AvgIpc) is 3.88. The van der Waals surface area contributed by atoms with Gasteiger partial charge < -0.3 is 0 Å². The molecule has 0 saturated carbocycles. The normalized spacial score (nSPS) is 12.6. The van der Waals surface area contributed by atoms with Crippen molar-refractivity contribution in [3.8, 4) is 67.3 Å². The predicted octanol–water partition coefficient (Wildman–Crippen LogP) is 15.5. The summed E-state index contributed by atoms with van der Waals surface area (Å²) in [5.74, 6) is 0.687. The van der Waals surface area contributed by atoms with Crippen LogP contribution in [0.1, 0.15) is 22.3 Å². The third-order valence-electron chi connectivity index (χ3n) is 12.6. The molecule has 1 aliphatic carbocycles. The average molecular weight is 807 g/mol. The molecular weight excluding hydrogens is 769 g/mol. The van der Waals surface area contributed by atoms with Crippen molar-refractivity contribution in [3.63, 3.8) is 0 Å². The van der Waals surface area contributed by atoms with Crippen molar-refractivity contribution in [3.05, 3.63) is 253 Å². The molecule has 9 aromatic carbocycles. The van der Waals surface area contributed by atoms with Crippen LogP contribution in [0.25, 0.3) is 87.5 Å². The number of thiophene rings is 1. The third-order valence-corrected chi connectivity index (χ3v) is 13.7. The van der Waals surface area contributed by atoms with E-state index in [0.29, 0.717) is 5.82 Å². The Labute approximate surface area is 365 Å². The molecule has 62 heavy (non-hydrogen) atoms. The van der Waals surface area contributed by atoms with E-state index in [0.717, 1.165) is 44.8 Å². The van der Waals surface area contributed by atoms with Crippen molar-refractivity contribution < 1.29 is 0 Å². The molecule has 2 heterocycles. The van der Waals surface area contributed by atoms with Gasteiger partial charge >= 0.3 is 0 Å². The van der Waals surface area contributed by atoms with Crippen LogP contribution >= 0.6 is 11.3 Å². The Kier molecular flexibility index (Phi) is 8.62. The van der Waals surface area contributed by atoms with Crippen molar-refractivity contribution >= 4 is 31.5 Å². The van der Waals surface area contributed by atoms with E-state index in [2.05, 4.69) is 224 Å². The van der Waals surface area contributed by atoms with Gasteiger partial charge in [-0.3, -0.25) is 0 Å². The van der Waals surface area contributed by atoms with Gasteiger partial charge in [0.05, 0.1) is 16.8 Å². The number of benzene rings is 9. The van der Waals surface area contributed by atoms with Gasteiger partial charge in [-0.1, -0.05) is 188 Å². The lowest BCUT2D eigenvalue weighted by Crippen LogP contribution is -2.29. The van der Waals surface area contributed by atoms with E-state index in [-0.39, 0.29) is 0 Å². The molecule has 0 amide bonds. The van der Waals surface area contributed by atoms with Crippen molar-refractivity contribution in [2.24, 2.45) is 0 Å². The molecule has 2 nitrogen and oxygen atoms in total. The second kappa shape index (κ2) is 14.8. The molecule has 0 spiro atoms. The first kappa shape index (κ1) is 36.2. The summed E-state index contributed by atoms with van der Waals surface area (Å²) in [5.41, 5.74) is 16.3. The minimum atomic E-state index is -0.589. The Morgan fingerprint density at radius 3 is 1.50 bits per heavy atom. The quantitative estimate of drug-likeness (QED) is 0.160. The summed E-state index contributed by atoms with van der Waals surface area (Å²) >= 11 is 1.85. The first-order chi connectivity index (χ1) is 30.7. The summed E-state index contributed by atoms with van der Waals surface area (Å²) in [5, 5.41) is 2.57. The molecule has 12 rings (SSSR count). The molecule has 2 aromatic heterocycles. The number of rotatable bonds is 7. The smallest absolute Gasteiger partial charge is 0.160 e. The zero-order valence-electron chi connectivity index (χ0n) is 33.7. The summed E-state index contributed by atoms with van der Waals surface area (Å²) in [6, 6.07) is 83.5. The molecule has 0 saturated heterocycles. The Morgan fingerprint density at radius 2 is 0.806 bits per heavy atom. The highest BCUT2D eigenvalue weighted by Crippen LogP contribution is 2.57. The second-order valence-corrected chi connectivity index (χ2v) is 17.1. The standard InChI is InChI=1S/C59H38N2S/c1-4-18-39(19-5-1)42-34-43(41-32-33-57-50(37-41)48-26-13-17-31-56(48)62-57)36-44(35-42)54-38-55(61-58(60-54)40-20-6-2-7-21-40)49-27-12-16-30-53(49)59(45-22-8-3-9-23-45)51-28-14-10-24-46(51)47-25-11-15-29-52(47)59/h1-38H. The van der Waals surface area contributed by atoms with Gasteiger partial charge in [0.15, 0.2) is 5.82 Å². The summed E-state index contributed by atoms with van der Waals surface area (Å²) in [7, 11) is 0. The molecule has 11 aromatic rings. The van der Waals surface area contributed by atoms with Crippen LogP contribution in [0.3, 0.4) is 0 Å². The number of aromatic nitrogens is 2. The predicted molar refractivity (Wildman–Crippen MR) is 259 cm³/mol. The number of fused-ring (bicyclic) bond motifs is 6. The fourth-order valence-electron chi connectivity index (χ4n) is 9.81. The summed E-state index contributed by atoms with van der Waals surface area (Å²) in [6.45, 7) is 0. The molecule has 290 valence electrons. The molecule has 1 aliphatic rings. The van der Waals surface area contributed by atoms with Crippen molar-refractivity contribution in [2.45, 2.75) is 5.41 Å². The van der Waals surface area contributed by atoms with E-state index in [1.54, 1.807) is 0 Å². The number of hydrogen-bond acceptors (Lipinski definition) is 3. The van der Waals surface area contributed by atoms with Crippen molar-refractivity contribution in [1.29, 1.82) is 0 Å². The molecular formula is C59H38N2S. The van der Waals surface area contributed by atoms with Crippen LogP contribution in [0.15, 0.2) is 231 Å². The van der Waals surface area contributed by atoms with E-state index in [1.165, 1.54) is 59.1 Å². The lowest BCUT2D eigenvalue weighted by Gasteiger charge is -2.35. The summed E-state index contributed by atoms with van der Waals surface area (Å²) in [4.78, 5) is 10.9. The summed E-state index contributed by atoms with van der Waals surface area (Å²) < 4.78 is 2.60. The second-order valence-electron chi connectivity index (χ2n) is 16.1. The van der Waals surface area contributed by atoms with E-state index in [4.69, 9.17) is 9.97 Å². The summed E-state index contributed by atoms with van der Waals surface area (Å²) in [6.07, 6.45) is 0. The maximum Gasteiger partial charge on any atom is 0.160 e. The Bertz CT molecular complexity index is 3420. The van der Waals surface area contributed by atoms with E-state index in [1.807, 2.05) is 17.4 Å². The van der Waals surface area contributed by atoms with Crippen LogP contribution in [-0.2, 0) is 5.41 Å². The van der Waals surface area contributed by atoms with Crippen LogP contribution in [0.5, 0.6) is 0 Å². The fourth-order valence-corrected chi connectivity index (χ4v) is 10.9. The molecule has 0 atom stereocenters. The molecule has 0 radical (unpaired) electrons. The number of nitrogens with zero attached hydrogens (tertiary/aromatic N) is 2. The van der Waals surface area contributed by atoms with Gasteiger partial charge in [0.2, 0.25) is 0 Å². The van der Waals surface area contributed by atoms with Gasteiger partial charge in [0.25, 0.3) is 0 Å². The van der Waals surface area contributed by atoms with E-state index >= 15 is 0 Å². The monoisotopic (exact) mass is 806 g/mol. The highest BCUT2D eigenvalue weighted by molar-refractivity contribution is 7.25. The molecule has 0 N–H and O–H groups in total. The van der Waals surface area contributed by atoms with Crippen molar-refractivity contribution in [2.75, 3.05) is 0 Å². The Morgan fingerprint density at radius 1 is 0.306 bits per heavy atom. The lowest BCUT2D eigenvalue weighted by molar-refractivity contribution is 0.770. The Hall–Kier alpha value is -7.72. The molecule has 3 heteroatoms. The van der Waals surface area contributed by atoms with Gasteiger partial charge in [-0.2, -0.15) is 0 Å². The first-order valence-corrected chi connectivity index (χ1v) is 22.0. The van der Waals surface area contributed by atoms with Crippen LogP contribution in [0, 0.1) is 0 Å². The first-order valence-electron chi connectivity index (χ1n) is 21.1. The maximum absolute atomic E-state index is 5.48. The Balaban J connectivity index is 1.11. The SMILES string of the molecule is c1ccc(-c2cc(-c3ccc4sc5ccccc5c4c3)cc(-c3cc(-c4ccccc4C4(c5ccccc5)c5ccccc5-c5ccccc54)nc(-c4ccccc4)n3)c2)cc1. The van der Waals surface area contributed by atoms with E-state index < -0.39 is 5.41 Å². The highest BCUT2D eigenvalue weighted by atomic mass is 32.1. The van der Waals surface area contributed by atoms with Crippen LogP contribution in [0.2, 0.25) is 0 Å². The zero-order valence-corrected chi connectivity index (χ0v) is 34.6. The minimum Gasteiger partial charge on any atom is -0.228 e. The van der Waals surface area contributed by atoms with Crippen LogP contribution < -0.4 is 0 Å². The van der Waals surface area contributed by atoms with Gasteiger partial charge in [-0.25, -0.2) is 9.97 Å². The van der Waals surface area contributed by atoms with Crippen LogP contribution in [0.4, 0.5) is 0 Å². The number of hydrogen-bond donors (Lipinski definition) is 0. The topological polar surface area (TPSA) is 25.8 Å². The zero-order chi connectivity index (χ0) is 41.0. The van der Waals surface area contributed by atoms with E-state index in [9.17, 15) is 0 Å². The van der Waals surface area contributed by atoms with Crippen molar-refractivity contribution in [1.82, 2.24) is 9.97 Å². The third kappa shape index (κ3) is 5.85. The minimum absolute atomic E-state index is 0.589. The van der Waals surface area contributed by atoms with Gasteiger partial charge in [-0.15, -0.1) is 11.3 Å². The van der Waals surface area contributed by atoms with Crippen LogP contribution in [-0.4, -0.2) is 9.97 Å².